The van der Waals surface area contributed by atoms with E-state index in [-0.39, 0.29) is 18.1 Å². The van der Waals surface area contributed by atoms with Gasteiger partial charge in [0.15, 0.2) is 0 Å². The minimum atomic E-state index is -0.293. The highest BCUT2D eigenvalue weighted by molar-refractivity contribution is 5.95. The Morgan fingerprint density at radius 2 is 1.73 bits per heavy atom. The van der Waals surface area contributed by atoms with Crippen molar-refractivity contribution >= 4 is 24.3 Å². The number of aryl methyl sites for hydroxylation is 1. The number of rotatable bonds is 2. The third-order valence-electron chi connectivity index (χ3n) is 4.45. The lowest BCUT2D eigenvalue weighted by Crippen LogP contribution is -2.57. The molecular weight excluding hydrogens is 298 g/mol. The van der Waals surface area contributed by atoms with E-state index in [0.29, 0.717) is 11.9 Å². The molecule has 1 saturated carbocycles. The van der Waals surface area contributed by atoms with E-state index < -0.39 is 0 Å². The molecule has 1 aromatic rings. The minimum Gasteiger partial charge on any atom is -0.369 e. The van der Waals surface area contributed by atoms with Crippen LogP contribution in [0.25, 0.3) is 0 Å². The number of hydrogen-bond acceptors (Lipinski definition) is 5. The molecule has 5 nitrogen and oxygen atoms in total. The molecule has 0 unspecified atom stereocenters. The van der Waals surface area contributed by atoms with Gasteiger partial charge >= 0.3 is 0 Å². The van der Waals surface area contributed by atoms with E-state index in [1.165, 1.54) is 17.5 Å². The summed E-state index contributed by atoms with van der Waals surface area (Å²) in [6.07, 6.45) is 5.57. The zero-order valence-corrected chi connectivity index (χ0v) is 13.8. The molecule has 0 atom stereocenters. The van der Waals surface area contributed by atoms with E-state index in [2.05, 4.69) is 46.1 Å². The number of aliphatic imine (C=N–C) groups is 2. The van der Waals surface area contributed by atoms with Gasteiger partial charge in [-0.3, -0.25) is 0 Å². The van der Waals surface area contributed by atoms with Crippen molar-refractivity contribution in [2.24, 2.45) is 21.5 Å². The lowest BCUT2D eigenvalue weighted by molar-refractivity contribution is 0.114. The number of nitrogens with two attached hydrogens (primary N) is 2. The highest BCUT2D eigenvalue weighted by atomic mass is 35.5. The van der Waals surface area contributed by atoms with Gasteiger partial charge in [0.1, 0.15) is 5.66 Å². The smallest absolute Gasteiger partial charge is 0.220 e. The van der Waals surface area contributed by atoms with Crippen molar-refractivity contribution in [1.82, 2.24) is 4.90 Å². The molecule has 1 spiro atoms. The summed E-state index contributed by atoms with van der Waals surface area (Å²) >= 11 is 0. The van der Waals surface area contributed by atoms with Crippen molar-refractivity contribution in [2.45, 2.75) is 51.2 Å². The summed E-state index contributed by atoms with van der Waals surface area (Å²) < 4.78 is 0. The molecule has 3 rings (SSSR count). The van der Waals surface area contributed by atoms with Gasteiger partial charge in [-0.15, -0.1) is 12.4 Å². The average Bonchev–Trinajstić information content (AvgIpc) is 2.46. The molecule has 6 heteroatoms. The normalized spacial score (nSPS) is 20.1. The van der Waals surface area contributed by atoms with Crippen molar-refractivity contribution in [1.29, 1.82) is 0 Å². The predicted octanol–water partition coefficient (Wildman–Crippen LogP) is 2.52. The van der Waals surface area contributed by atoms with Gasteiger partial charge in [0.2, 0.25) is 11.9 Å². The first-order valence-electron chi connectivity index (χ1n) is 7.62. The maximum absolute atomic E-state index is 6.17. The third kappa shape index (κ3) is 3.19. The largest absolute Gasteiger partial charge is 0.369 e. The van der Waals surface area contributed by atoms with Gasteiger partial charge in [0, 0.05) is 6.54 Å². The Morgan fingerprint density at radius 1 is 1.09 bits per heavy atom. The first-order valence-corrected chi connectivity index (χ1v) is 7.62. The molecule has 0 bridgehead atoms. The van der Waals surface area contributed by atoms with Crippen LogP contribution in [0.2, 0.25) is 0 Å². The highest BCUT2D eigenvalue weighted by Crippen LogP contribution is 2.37. The number of halogens is 1. The van der Waals surface area contributed by atoms with Crippen LogP contribution in [0.4, 0.5) is 0 Å². The van der Waals surface area contributed by atoms with E-state index in [9.17, 15) is 0 Å². The van der Waals surface area contributed by atoms with Gasteiger partial charge in [0.05, 0.1) is 0 Å². The summed E-state index contributed by atoms with van der Waals surface area (Å²) in [7, 11) is 0. The summed E-state index contributed by atoms with van der Waals surface area (Å²) in [5.74, 6) is 0.805. The lowest BCUT2D eigenvalue weighted by atomic mass is 9.87. The first-order chi connectivity index (χ1) is 10.1. The Morgan fingerprint density at radius 3 is 2.36 bits per heavy atom. The van der Waals surface area contributed by atoms with Gasteiger partial charge in [-0.2, -0.15) is 4.99 Å². The fraction of sp³-hybridized carbons (Fsp3) is 0.500. The van der Waals surface area contributed by atoms with Crippen LogP contribution >= 0.6 is 12.4 Å². The molecule has 0 saturated heterocycles. The van der Waals surface area contributed by atoms with Gasteiger partial charge in [-0.25, -0.2) is 4.99 Å². The van der Waals surface area contributed by atoms with Gasteiger partial charge in [0.25, 0.3) is 0 Å². The van der Waals surface area contributed by atoms with Crippen molar-refractivity contribution < 1.29 is 0 Å². The Balaban J connectivity index is 0.00000176. The van der Waals surface area contributed by atoms with E-state index in [4.69, 9.17) is 11.5 Å². The van der Waals surface area contributed by atoms with Crippen molar-refractivity contribution in [3.63, 3.8) is 0 Å². The third-order valence-corrected chi connectivity index (χ3v) is 4.45. The first kappa shape index (κ1) is 16.6. The summed E-state index contributed by atoms with van der Waals surface area (Å²) in [6.45, 7) is 2.82. The maximum atomic E-state index is 6.17. The SMILES string of the molecule is Cc1ccc(CN2C(N)=NC(N)=NC23CCCCC3)cc1.Cl. The van der Waals surface area contributed by atoms with E-state index in [0.717, 1.165) is 32.2 Å². The van der Waals surface area contributed by atoms with E-state index >= 15 is 0 Å². The van der Waals surface area contributed by atoms with Crippen LogP contribution in [-0.2, 0) is 6.54 Å². The Hall–Kier alpha value is -1.75. The van der Waals surface area contributed by atoms with Gasteiger partial charge < -0.3 is 16.4 Å². The lowest BCUT2D eigenvalue weighted by Gasteiger charge is -2.45. The molecule has 22 heavy (non-hydrogen) atoms. The average molecular weight is 322 g/mol. The van der Waals surface area contributed by atoms with Gasteiger partial charge in [-0.1, -0.05) is 36.2 Å². The number of hydrogen-bond donors (Lipinski definition) is 2. The van der Waals surface area contributed by atoms with Gasteiger partial charge in [-0.05, 0) is 38.2 Å². The molecule has 1 heterocycles. The highest BCUT2D eigenvalue weighted by Gasteiger charge is 2.41. The summed E-state index contributed by atoms with van der Waals surface area (Å²) in [6, 6.07) is 8.53. The molecular formula is C16H24ClN5. The standard InChI is InChI=1S/C16H23N5.ClH/c1-12-5-7-13(8-6-12)11-21-15(18)19-14(17)20-16(21)9-3-2-4-10-16;/h5-8H,2-4,9-11H2,1H3,(H4,17,18,19,20);1H. The topological polar surface area (TPSA) is 80.0 Å². The number of nitrogens with zero attached hydrogens (tertiary/aromatic N) is 3. The minimum absolute atomic E-state index is 0. The quantitative estimate of drug-likeness (QED) is 0.878. The monoisotopic (exact) mass is 321 g/mol. The molecule has 4 N–H and O–H groups in total. The second-order valence-corrected chi connectivity index (χ2v) is 6.05. The summed E-state index contributed by atoms with van der Waals surface area (Å²) in [5.41, 5.74) is 14.2. The van der Waals surface area contributed by atoms with Crippen molar-refractivity contribution in [2.75, 3.05) is 0 Å². The van der Waals surface area contributed by atoms with Crippen LogP contribution in [0.15, 0.2) is 34.3 Å². The van der Waals surface area contributed by atoms with Crippen molar-refractivity contribution in [3.8, 4) is 0 Å². The molecule has 1 fully saturated rings. The van der Waals surface area contributed by atoms with Crippen LogP contribution in [-0.4, -0.2) is 22.5 Å². The molecule has 0 aromatic heterocycles. The van der Waals surface area contributed by atoms with Crippen LogP contribution in [0, 0.1) is 6.92 Å². The molecule has 1 aromatic carbocycles. The number of guanidine groups is 2. The van der Waals surface area contributed by atoms with Crippen LogP contribution in [0.5, 0.6) is 0 Å². The fourth-order valence-electron chi connectivity index (χ4n) is 3.29. The zero-order valence-electron chi connectivity index (χ0n) is 13.0. The molecule has 1 aliphatic carbocycles. The van der Waals surface area contributed by atoms with E-state index in [1.807, 2.05) is 0 Å². The maximum Gasteiger partial charge on any atom is 0.220 e. The fourth-order valence-corrected chi connectivity index (χ4v) is 3.29. The Labute approximate surface area is 137 Å². The van der Waals surface area contributed by atoms with Crippen LogP contribution < -0.4 is 11.5 Å². The molecule has 2 aliphatic rings. The summed E-state index contributed by atoms with van der Waals surface area (Å²) in [4.78, 5) is 11.0. The predicted molar refractivity (Wildman–Crippen MR) is 93.0 cm³/mol. The van der Waals surface area contributed by atoms with E-state index in [1.54, 1.807) is 0 Å². The molecule has 1 aliphatic heterocycles. The number of benzene rings is 1. The summed E-state index contributed by atoms with van der Waals surface area (Å²) in [5, 5.41) is 0. The van der Waals surface area contributed by atoms with Crippen molar-refractivity contribution in [3.05, 3.63) is 35.4 Å². The molecule has 0 amide bonds. The Kier molecular flexibility index (Phi) is 4.96. The van der Waals surface area contributed by atoms with Crippen LogP contribution in [0.1, 0.15) is 43.2 Å². The zero-order chi connectivity index (χ0) is 14.9. The van der Waals surface area contributed by atoms with Crippen LogP contribution in [0.3, 0.4) is 0 Å². The molecule has 0 radical (unpaired) electrons. The molecule has 120 valence electrons. The Bertz CT molecular complexity index is 573. The second kappa shape index (κ2) is 6.57. The second-order valence-electron chi connectivity index (χ2n) is 6.05.